The number of aromatic nitrogens is 2. The summed E-state index contributed by atoms with van der Waals surface area (Å²) in [7, 11) is -3.48. The van der Waals surface area contributed by atoms with Crippen molar-refractivity contribution in [3.8, 4) is 0 Å². The first-order valence-electron chi connectivity index (χ1n) is 6.63. The maximum Gasteiger partial charge on any atom is 0.299 e. The number of piperidine rings is 1. The molecule has 0 amide bonds. The van der Waals surface area contributed by atoms with Crippen LogP contribution in [0.2, 0.25) is 0 Å². The number of nitrogens with one attached hydrogen (secondary N) is 3. The van der Waals surface area contributed by atoms with E-state index in [1.165, 1.54) is 0 Å². The van der Waals surface area contributed by atoms with Crippen molar-refractivity contribution >= 4 is 15.9 Å². The molecular formula is C11H21N5O2S. The molecule has 108 valence electrons. The summed E-state index contributed by atoms with van der Waals surface area (Å²) in [6, 6.07) is 0.350. The lowest BCUT2D eigenvalue weighted by Gasteiger charge is -2.22. The van der Waals surface area contributed by atoms with E-state index >= 15 is 0 Å². The van der Waals surface area contributed by atoms with Crippen LogP contribution in [0.3, 0.4) is 0 Å². The number of hydrogen-bond acceptors (Lipinski definition) is 4. The van der Waals surface area contributed by atoms with Gasteiger partial charge in [0.1, 0.15) is 0 Å². The van der Waals surface area contributed by atoms with E-state index in [9.17, 15) is 8.42 Å². The minimum atomic E-state index is -3.48. The Morgan fingerprint density at radius 1 is 1.47 bits per heavy atom. The third-order valence-electron chi connectivity index (χ3n) is 3.08. The second kappa shape index (κ2) is 6.36. The van der Waals surface area contributed by atoms with Crippen molar-refractivity contribution in [3.63, 3.8) is 0 Å². The first kappa shape index (κ1) is 14.3. The average Bonchev–Trinajstić information content (AvgIpc) is 2.85. The Hall–Kier alpha value is -1.12. The van der Waals surface area contributed by atoms with Crippen LogP contribution in [0.1, 0.15) is 32.2 Å². The molecule has 1 aliphatic rings. The van der Waals surface area contributed by atoms with Gasteiger partial charge in [-0.2, -0.15) is 18.2 Å². The fourth-order valence-electron chi connectivity index (χ4n) is 2.09. The van der Waals surface area contributed by atoms with Gasteiger partial charge in [-0.25, -0.2) is 0 Å². The SMILES string of the molecule is CCCNS(=O)(=O)Nc1cnn(C2CCNCC2)c1. The molecule has 0 saturated carbocycles. The van der Waals surface area contributed by atoms with Crippen LogP contribution in [0.5, 0.6) is 0 Å². The van der Waals surface area contributed by atoms with Crippen LogP contribution in [0, 0.1) is 0 Å². The van der Waals surface area contributed by atoms with Gasteiger partial charge in [-0.05, 0) is 32.4 Å². The van der Waals surface area contributed by atoms with Crippen molar-refractivity contribution in [2.45, 2.75) is 32.2 Å². The molecule has 1 fully saturated rings. The molecule has 19 heavy (non-hydrogen) atoms. The van der Waals surface area contributed by atoms with Crippen molar-refractivity contribution in [3.05, 3.63) is 12.4 Å². The zero-order chi connectivity index (χ0) is 13.7. The van der Waals surface area contributed by atoms with E-state index in [2.05, 4.69) is 19.9 Å². The van der Waals surface area contributed by atoms with Gasteiger partial charge in [0.25, 0.3) is 10.2 Å². The Balaban J connectivity index is 1.96. The Labute approximate surface area is 113 Å². The fourth-order valence-corrected chi connectivity index (χ4v) is 3.05. The summed E-state index contributed by atoms with van der Waals surface area (Å²) in [6.45, 7) is 4.29. The third-order valence-corrected chi connectivity index (χ3v) is 4.17. The van der Waals surface area contributed by atoms with Crippen molar-refractivity contribution in [1.82, 2.24) is 19.8 Å². The standard InChI is InChI=1S/C11H21N5O2S/c1-2-5-14-19(17,18)15-10-8-13-16(9-10)11-3-6-12-7-4-11/h8-9,11-12,14-15H,2-7H2,1H3. The number of hydrogen-bond donors (Lipinski definition) is 3. The van der Waals surface area contributed by atoms with Gasteiger partial charge in [-0.1, -0.05) is 6.92 Å². The molecule has 1 aromatic rings. The maximum atomic E-state index is 11.7. The molecular weight excluding hydrogens is 266 g/mol. The summed E-state index contributed by atoms with van der Waals surface area (Å²) in [5.41, 5.74) is 0.502. The van der Waals surface area contributed by atoms with Crippen LogP contribution >= 0.6 is 0 Å². The Bertz CT molecular complexity index is 493. The lowest BCUT2D eigenvalue weighted by molar-refractivity contribution is 0.343. The lowest BCUT2D eigenvalue weighted by atomic mass is 10.1. The molecule has 0 unspecified atom stereocenters. The van der Waals surface area contributed by atoms with Crippen molar-refractivity contribution < 1.29 is 8.42 Å². The largest absolute Gasteiger partial charge is 0.317 e. The monoisotopic (exact) mass is 287 g/mol. The summed E-state index contributed by atoms with van der Waals surface area (Å²) in [5.74, 6) is 0. The van der Waals surface area contributed by atoms with Gasteiger partial charge in [0.2, 0.25) is 0 Å². The molecule has 0 aromatic carbocycles. The van der Waals surface area contributed by atoms with Crippen LogP contribution in [-0.4, -0.2) is 37.8 Å². The molecule has 0 spiro atoms. The first-order chi connectivity index (χ1) is 9.11. The summed E-state index contributed by atoms with van der Waals surface area (Å²) in [4.78, 5) is 0. The number of rotatable bonds is 6. The topological polar surface area (TPSA) is 88.1 Å². The Morgan fingerprint density at radius 3 is 2.89 bits per heavy atom. The van der Waals surface area contributed by atoms with Crippen molar-refractivity contribution in [2.24, 2.45) is 0 Å². The van der Waals surface area contributed by atoms with Gasteiger partial charge >= 0.3 is 0 Å². The molecule has 8 heteroatoms. The molecule has 2 heterocycles. The smallest absolute Gasteiger partial charge is 0.299 e. The molecule has 3 N–H and O–H groups in total. The molecule has 1 aliphatic heterocycles. The predicted molar refractivity (Wildman–Crippen MR) is 74.2 cm³/mol. The predicted octanol–water partition coefficient (Wildman–Crippen LogP) is 0.464. The van der Waals surface area contributed by atoms with E-state index in [-0.39, 0.29) is 0 Å². The normalized spacial score (nSPS) is 17.5. The highest BCUT2D eigenvalue weighted by molar-refractivity contribution is 7.90. The molecule has 0 atom stereocenters. The number of anilines is 1. The minimum Gasteiger partial charge on any atom is -0.317 e. The summed E-state index contributed by atoms with van der Waals surface area (Å²) >= 11 is 0. The Kier molecular flexibility index (Phi) is 4.78. The van der Waals surface area contributed by atoms with Crippen LogP contribution in [-0.2, 0) is 10.2 Å². The van der Waals surface area contributed by atoms with Crippen LogP contribution in [0.4, 0.5) is 5.69 Å². The summed E-state index contributed by atoms with van der Waals surface area (Å²) in [6.07, 6.45) is 6.09. The van der Waals surface area contributed by atoms with Crippen LogP contribution in [0.25, 0.3) is 0 Å². The van der Waals surface area contributed by atoms with E-state index in [0.717, 1.165) is 32.4 Å². The van der Waals surface area contributed by atoms with E-state index in [4.69, 9.17) is 0 Å². The van der Waals surface area contributed by atoms with Gasteiger partial charge in [0, 0.05) is 12.7 Å². The van der Waals surface area contributed by atoms with Gasteiger partial charge < -0.3 is 5.32 Å². The van der Waals surface area contributed by atoms with Crippen LogP contribution < -0.4 is 14.8 Å². The van der Waals surface area contributed by atoms with Crippen molar-refractivity contribution in [2.75, 3.05) is 24.4 Å². The van der Waals surface area contributed by atoms with Gasteiger partial charge in [0.15, 0.2) is 0 Å². The lowest BCUT2D eigenvalue weighted by Crippen LogP contribution is -2.30. The molecule has 0 radical (unpaired) electrons. The molecule has 2 rings (SSSR count). The van der Waals surface area contributed by atoms with Gasteiger partial charge in [-0.3, -0.25) is 9.40 Å². The van der Waals surface area contributed by atoms with Gasteiger partial charge in [0.05, 0.1) is 17.9 Å². The average molecular weight is 287 g/mol. The van der Waals surface area contributed by atoms with E-state index in [0.29, 0.717) is 18.3 Å². The fraction of sp³-hybridized carbons (Fsp3) is 0.727. The van der Waals surface area contributed by atoms with E-state index in [1.54, 1.807) is 12.4 Å². The van der Waals surface area contributed by atoms with Crippen LogP contribution in [0.15, 0.2) is 12.4 Å². The highest BCUT2D eigenvalue weighted by Gasteiger charge is 2.17. The quantitative estimate of drug-likeness (QED) is 0.709. The zero-order valence-electron chi connectivity index (χ0n) is 11.1. The maximum absolute atomic E-state index is 11.7. The molecule has 0 aliphatic carbocycles. The van der Waals surface area contributed by atoms with Crippen molar-refractivity contribution in [1.29, 1.82) is 0 Å². The third kappa shape index (κ3) is 4.19. The molecule has 1 aromatic heterocycles. The van der Waals surface area contributed by atoms with Gasteiger partial charge in [-0.15, -0.1) is 0 Å². The summed E-state index contributed by atoms with van der Waals surface area (Å²) in [5, 5.41) is 7.53. The highest BCUT2D eigenvalue weighted by Crippen LogP contribution is 2.19. The molecule has 7 nitrogen and oxygen atoms in total. The minimum absolute atomic E-state index is 0.350. The molecule has 0 bridgehead atoms. The molecule has 1 saturated heterocycles. The number of nitrogens with zero attached hydrogens (tertiary/aromatic N) is 2. The van der Waals surface area contributed by atoms with E-state index < -0.39 is 10.2 Å². The highest BCUT2D eigenvalue weighted by atomic mass is 32.2. The summed E-state index contributed by atoms with van der Waals surface area (Å²) < 4.78 is 30.1. The zero-order valence-corrected chi connectivity index (χ0v) is 11.9. The van der Waals surface area contributed by atoms with E-state index in [1.807, 2.05) is 11.6 Å². The second-order valence-electron chi connectivity index (χ2n) is 4.69. The second-order valence-corrected chi connectivity index (χ2v) is 6.19. The Morgan fingerprint density at radius 2 is 2.21 bits per heavy atom. The first-order valence-corrected chi connectivity index (χ1v) is 8.11.